The fraction of sp³-hybridized carbons (Fsp3) is 0.893. The first-order valence-electron chi connectivity index (χ1n) is 13.8. The van der Waals surface area contributed by atoms with Crippen LogP contribution >= 0.6 is 0 Å². The summed E-state index contributed by atoms with van der Waals surface area (Å²) in [4.78, 5) is 43.4. The van der Waals surface area contributed by atoms with E-state index in [9.17, 15) is 19.5 Å². The number of fused-ring (bicyclic) bond motifs is 1. The van der Waals surface area contributed by atoms with Gasteiger partial charge in [-0.05, 0) is 57.3 Å². The molecule has 36 heavy (non-hydrogen) atoms. The predicted octanol–water partition coefficient (Wildman–Crippen LogP) is 3.02. The number of amides is 3. The molecule has 3 heterocycles. The zero-order chi connectivity index (χ0) is 27.3. The maximum Gasteiger partial charge on any atom is 0.246 e. The van der Waals surface area contributed by atoms with Crippen LogP contribution in [0.4, 0.5) is 0 Å². The standard InChI is InChI=1S/C28H49N3O5/c1-10-14-29-22(33)19-20-24(35)31(18(15-32)17(3)4)21(28(20)13-12-27(19,11-2)36-28)23(34)30-26(8,9)16-25(5,6)7/h17-21,32H,10-16H2,1-9H3,(H,29,33)(H,30,34)/t18-,19-,20-,21?,27+,28?/m0/s1. The Bertz CT molecular complexity index is 866. The SMILES string of the molecule is CCCNC(=O)[C@@H]1[C@H]2C(=O)N([C@@H](CO)C(C)C)C(C(=O)NC(C)(C)CC(C)(C)C)C23CC[C@@]1(CC)O3. The predicted molar refractivity (Wildman–Crippen MR) is 139 cm³/mol. The van der Waals surface area contributed by atoms with Crippen molar-refractivity contribution < 1.29 is 24.2 Å². The van der Waals surface area contributed by atoms with Gasteiger partial charge in [-0.25, -0.2) is 0 Å². The first kappa shape index (κ1) is 28.9. The zero-order valence-electron chi connectivity index (χ0n) is 23.9. The molecule has 3 fully saturated rings. The molecule has 3 aliphatic heterocycles. The van der Waals surface area contributed by atoms with E-state index in [1.165, 1.54) is 0 Å². The van der Waals surface area contributed by atoms with Crippen LogP contribution in [-0.2, 0) is 19.1 Å². The van der Waals surface area contributed by atoms with Crippen LogP contribution in [0, 0.1) is 23.2 Å². The number of aliphatic hydroxyl groups excluding tert-OH is 1. The van der Waals surface area contributed by atoms with Gasteiger partial charge in [-0.3, -0.25) is 14.4 Å². The van der Waals surface area contributed by atoms with E-state index in [0.717, 1.165) is 12.8 Å². The highest BCUT2D eigenvalue weighted by Crippen LogP contribution is 2.64. The van der Waals surface area contributed by atoms with E-state index in [0.29, 0.717) is 25.8 Å². The lowest BCUT2D eigenvalue weighted by atomic mass is 9.65. The fourth-order valence-corrected chi connectivity index (χ4v) is 7.46. The molecule has 0 aromatic heterocycles. The molecule has 3 N–H and O–H groups in total. The van der Waals surface area contributed by atoms with Crippen molar-refractivity contribution in [1.29, 1.82) is 0 Å². The first-order valence-corrected chi connectivity index (χ1v) is 13.8. The minimum absolute atomic E-state index is 0.00854. The molecule has 3 amide bonds. The van der Waals surface area contributed by atoms with E-state index in [4.69, 9.17) is 4.74 Å². The number of hydrogen-bond donors (Lipinski definition) is 3. The van der Waals surface area contributed by atoms with E-state index < -0.39 is 40.7 Å². The van der Waals surface area contributed by atoms with E-state index in [1.54, 1.807) is 4.90 Å². The maximum absolute atomic E-state index is 14.2. The van der Waals surface area contributed by atoms with Crippen molar-refractivity contribution in [2.75, 3.05) is 13.2 Å². The number of carbonyl (C=O) groups is 3. The van der Waals surface area contributed by atoms with E-state index in [-0.39, 0.29) is 35.7 Å². The topological polar surface area (TPSA) is 108 Å². The molecule has 0 radical (unpaired) electrons. The van der Waals surface area contributed by atoms with Gasteiger partial charge in [0.1, 0.15) is 11.6 Å². The van der Waals surface area contributed by atoms with Gasteiger partial charge in [0.2, 0.25) is 17.7 Å². The summed E-state index contributed by atoms with van der Waals surface area (Å²) >= 11 is 0. The summed E-state index contributed by atoms with van der Waals surface area (Å²) in [7, 11) is 0. The van der Waals surface area contributed by atoms with Gasteiger partial charge in [-0.15, -0.1) is 0 Å². The molecule has 0 aliphatic carbocycles. The second-order valence-electron chi connectivity index (χ2n) is 13.5. The molecule has 6 atom stereocenters. The molecule has 0 aromatic carbocycles. The molecule has 8 heteroatoms. The van der Waals surface area contributed by atoms with Gasteiger partial charge in [-0.1, -0.05) is 48.5 Å². The molecule has 8 nitrogen and oxygen atoms in total. The molecule has 2 bridgehead atoms. The molecule has 1 spiro atoms. The largest absolute Gasteiger partial charge is 0.394 e. The molecule has 0 saturated carbocycles. The zero-order valence-corrected chi connectivity index (χ0v) is 23.9. The van der Waals surface area contributed by atoms with Crippen molar-refractivity contribution in [3.05, 3.63) is 0 Å². The van der Waals surface area contributed by atoms with E-state index in [1.807, 2.05) is 41.5 Å². The number of nitrogens with one attached hydrogen (secondary N) is 2. The smallest absolute Gasteiger partial charge is 0.246 e. The molecule has 206 valence electrons. The third-order valence-electron chi connectivity index (χ3n) is 8.45. The minimum atomic E-state index is -1.08. The Morgan fingerprint density at radius 1 is 1.14 bits per heavy atom. The lowest BCUT2D eigenvalue weighted by molar-refractivity contribution is -0.153. The fourth-order valence-electron chi connectivity index (χ4n) is 7.46. The molecule has 3 aliphatic rings. The third kappa shape index (κ3) is 4.80. The van der Waals surface area contributed by atoms with Gasteiger partial charge < -0.3 is 25.4 Å². The Kier molecular flexibility index (Phi) is 7.94. The number of nitrogens with zero attached hydrogens (tertiary/aromatic N) is 1. The minimum Gasteiger partial charge on any atom is -0.394 e. The number of aliphatic hydroxyl groups is 1. The average Bonchev–Trinajstić information content (AvgIpc) is 3.34. The van der Waals surface area contributed by atoms with E-state index in [2.05, 4.69) is 31.4 Å². The Morgan fingerprint density at radius 3 is 2.28 bits per heavy atom. The summed E-state index contributed by atoms with van der Waals surface area (Å²) in [6, 6.07) is -1.44. The van der Waals surface area contributed by atoms with Crippen molar-refractivity contribution in [2.45, 2.75) is 123 Å². The number of ether oxygens (including phenoxy) is 1. The van der Waals surface area contributed by atoms with Crippen LogP contribution < -0.4 is 10.6 Å². The van der Waals surface area contributed by atoms with Crippen molar-refractivity contribution in [3.63, 3.8) is 0 Å². The summed E-state index contributed by atoms with van der Waals surface area (Å²) in [6.07, 6.45) is 3.31. The summed E-state index contributed by atoms with van der Waals surface area (Å²) in [5.41, 5.74) is -2.35. The van der Waals surface area contributed by atoms with Gasteiger partial charge in [-0.2, -0.15) is 0 Å². The Hall–Kier alpha value is -1.67. The molecule has 0 aromatic rings. The summed E-state index contributed by atoms with van der Waals surface area (Å²) < 4.78 is 6.79. The number of carbonyl (C=O) groups excluding carboxylic acids is 3. The molecule has 3 saturated heterocycles. The van der Waals surface area contributed by atoms with Gasteiger partial charge in [0.15, 0.2) is 0 Å². The Balaban J connectivity index is 2.09. The van der Waals surface area contributed by atoms with Crippen molar-refractivity contribution in [1.82, 2.24) is 15.5 Å². The van der Waals surface area contributed by atoms with Crippen LogP contribution in [0.3, 0.4) is 0 Å². The van der Waals surface area contributed by atoms with Crippen molar-refractivity contribution >= 4 is 17.7 Å². The second kappa shape index (κ2) is 9.90. The van der Waals surface area contributed by atoms with E-state index >= 15 is 0 Å². The Labute approximate surface area is 217 Å². The number of rotatable bonds is 10. The van der Waals surface area contributed by atoms with Crippen molar-refractivity contribution in [3.8, 4) is 0 Å². The second-order valence-corrected chi connectivity index (χ2v) is 13.5. The number of likely N-dealkylation sites (tertiary alicyclic amines) is 1. The van der Waals surface area contributed by atoms with Gasteiger partial charge >= 0.3 is 0 Å². The maximum atomic E-state index is 14.2. The highest BCUT2D eigenvalue weighted by molar-refractivity contribution is 5.99. The van der Waals surface area contributed by atoms with Gasteiger partial charge in [0, 0.05) is 12.1 Å². The lowest BCUT2D eigenvalue weighted by Crippen LogP contribution is -2.62. The normalized spacial score (nSPS) is 32.7. The molecular formula is C28H49N3O5. The monoisotopic (exact) mass is 507 g/mol. The van der Waals surface area contributed by atoms with Crippen molar-refractivity contribution in [2.24, 2.45) is 23.2 Å². The van der Waals surface area contributed by atoms with Crippen LogP contribution in [0.1, 0.15) is 94.4 Å². The van der Waals surface area contributed by atoms with Crippen LogP contribution in [0.5, 0.6) is 0 Å². The van der Waals surface area contributed by atoms with Gasteiger partial charge in [0.05, 0.1) is 30.1 Å². The van der Waals surface area contributed by atoms with Crippen LogP contribution in [-0.4, -0.2) is 69.7 Å². The summed E-state index contributed by atoms with van der Waals surface area (Å²) in [5.74, 6) is -2.14. The van der Waals surface area contributed by atoms with Crippen LogP contribution in [0.25, 0.3) is 0 Å². The van der Waals surface area contributed by atoms with Gasteiger partial charge in [0.25, 0.3) is 0 Å². The highest BCUT2D eigenvalue weighted by atomic mass is 16.5. The highest BCUT2D eigenvalue weighted by Gasteiger charge is 2.79. The summed E-state index contributed by atoms with van der Waals surface area (Å²) in [5, 5.41) is 16.6. The molecule has 3 rings (SSSR count). The molecule has 2 unspecified atom stereocenters. The lowest BCUT2D eigenvalue weighted by Gasteiger charge is -2.41. The molecular weight excluding hydrogens is 458 g/mol. The number of hydrogen-bond acceptors (Lipinski definition) is 5. The van der Waals surface area contributed by atoms with Crippen LogP contribution in [0.15, 0.2) is 0 Å². The third-order valence-corrected chi connectivity index (χ3v) is 8.45. The van der Waals surface area contributed by atoms with Crippen LogP contribution in [0.2, 0.25) is 0 Å². The average molecular weight is 508 g/mol. The Morgan fingerprint density at radius 2 is 1.78 bits per heavy atom. The summed E-state index contributed by atoms with van der Waals surface area (Å²) in [6.45, 7) is 18.5. The first-order chi connectivity index (χ1) is 16.6. The quantitative estimate of drug-likeness (QED) is 0.421.